The van der Waals surface area contributed by atoms with Crippen molar-refractivity contribution in [2.24, 2.45) is 0 Å². The molecule has 0 fully saturated rings. The molecule has 1 N–H and O–H groups in total. The third kappa shape index (κ3) is 2.19. The Morgan fingerprint density at radius 2 is 1.67 bits per heavy atom. The number of hydrogen-bond donors (Lipinski definition) is 1. The maximum Gasteiger partial charge on any atom is 0.159 e. The number of halogens is 2. The first-order valence-electron chi connectivity index (χ1n) is 4.13. The highest BCUT2D eigenvalue weighted by Crippen LogP contribution is 2.26. The zero-order chi connectivity index (χ0) is 10.8. The number of benzene rings is 1. The Morgan fingerprint density at radius 3 is 2.27 bits per heavy atom. The molecule has 0 saturated carbocycles. The predicted octanol–water partition coefficient (Wildman–Crippen LogP) is 3.16. The van der Waals surface area contributed by atoms with Gasteiger partial charge in [-0.15, -0.1) is 0 Å². The molecule has 15 heavy (non-hydrogen) atoms. The average Bonchev–Trinajstić information content (AvgIpc) is 2.23. The van der Waals surface area contributed by atoms with Gasteiger partial charge in [-0.05, 0) is 18.2 Å². The molecule has 0 aliphatic heterocycles. The van der Waals surface area contributed by atoms with Crippen LogP contribution >= 0.6 is 23.2 Å². The average molecular weight is 241 g/mol. The molecule has 2 aromatic rings. The van der Waals surface area contributed by atoms with E-state index >= 15 is 0 Å². The zero-order valence-corrected chi connectivity index (χ0v) is 9.00. The Morgan fingerprint density at radius 1 is 1.00 bits per heavy atom. The molecule has 1 aromatic carbocycles. The fourth-order valence-corrected chi connectivity index (χ4v) is 1.40. The van der Waals surface area contributed by atoms with Gasteiger partial charge in [0.2, 0.25) is 0 Å². The molecule has 76 valence electrons. The van der Waals surface area contributed by atoms with Crippen LogP contribution in [0.2, 0.25) is 10.0 Å². The normalized spacial score (nSPS) is 10.3. The molecule has 0 radical (unpaired) electrons. The highest BCUT2D eigenvalue weighted by atomic mass is 35.5. The fraction of sp³-hybridized carbons (Fsp3) is 0. The first-order valence-corrected chi connectivity index (χ1v) is 4.89. The summed E-state index contributed by atoms with van der Waals surface area (Å²) < 4.78 is 0. The van der Waals surface area contributed by atoms with E-state index in [4.69, 9.17) is 28.3 Å². The van der Waals surface area contributed by atoms with E-state index in [2.05, 4.69) is 9.97 Å². The van der Waals surface area contributed by atoms with Gasteiger partial charge in [0.25, 0.3) is 0 Å². The molecule has 3 nitrogen and oxygen atoms in total. The van der Waals surface area contributed by atoms with Crippen LogP contribution in [-0.4, -0.2) is 15.1 Å². The minimum Gasteiger partial charge on any atom is -0.505 e. The van der Waals surface area contributed by atoms with Crippen molar-refractivity contribution in [3.8, 4) is 17.1 Å². The highest BCUT2D eigenvalue weighted by molar-refractivity contribution is 6.42. The molecule has 5 heteroatoms. The summed E-state index contributed by atoms with van der Waals surface area (Å²) in [6, 6.07) is 5.12. The lowest BCUT2D eigenvalue weighted by Crippen LogP contribution is -1.87. The van der Waals surface area contributed by atoms with Crippen LogP contribution in [0.15, 0.2) is 30.6 Å². The zero-order valence-electron chi connectivity index (χ0n) is 7.48. The standard InChI is InChI=1S/C10H6Cl2N2O/c11-8-2-1-6(3-9(8)12)10-13-4-7(15)5-14-10/h1-5,15H. The van der Waals surface area contributed by atoms with E-state index in [9.17, 15) is 0 Å². The van der Waals surface area contributed by atoms with Gasteiger partial charge in [0, 0.05) is 5.56 Å². The van der Waals surface area contributed by atoms with Crippen molar-refractivity contribution in [3.63, 3.8) is 0 Å². The minimum absolute atomic E-state index is 0.0267. The van der Waals surface area contributed by atoms with Gasteiger partial charge in [0.1, 0.15) is 0 Å². The summed E-state index contributed by atoms with van der Waals surface area (Å²) in [6.45, 7) is 0. The van der Waals surface area contributed by atoms with Crippen molar-refractivity contribution >= 4 is 23.2 Å². The molecule has 0 amide bonds. The Labute approximate surface area is 96.3 Å². The molecule has 0 aliphatic rings. The van der Waals surface area contributed by atoms with Gasteiger partial charge >= 0.3 is 0 Å². The summed E-state index contributed by atoms with van der Waals surface area (Å²) in [5.41, 5.74) is 0.754. The summed E-state index contributed by atoms with van der Waals surface area (Å²) >= 11 is 11.6. The second kappa shape index (κ2) is 4.04. The van der Waals surface area contributed by atoms with Crippen molar-refractivity contribution in [3.05, 3.63) is 40.6 Å². The lowest BCUT2D eigenvalue weighted by atomic mass is 10.2. The molecule has 1 aromatic heterocycles. The number of hydrogen-bond acceptors (Lipinski definition) is 3. The van der Waals surface area contributed by atoms with E-state index in [1.807, 2.05) is 0 Å². The van der Waals surface area contributed by atoms with Crippen molar-refractivity contribution in [1.29, 1.82) is 0 Å². The van der Waals surface area contributed by atoms with Gasteiger partial charge in [0.05, 0.1) is 22.4 Å². The number of aromatic hydroxyl groups is 1. The van der Waals surface area contributed by atoms with E-state index in [-0.39, 0.29) is 5.75 Å². The number of rotatable bonds is 1. The summed E-state index contributed by atoms with van der Waals surface area (Å²) in [7, 11) is 0. The molecular weight excluding hydrogens is 235 g/mol. The topological polar surface area (TPSA) is 46.0 Å². The van der Waals surface area contributed by atoms with E-state index in [1.54, 1.807) is 18.2 Å². The van der Waals surface area contributed by atoms with Gasteiger partial charge in [0.15, 0.2) is 11.6 Å². The Balaban J connectivity index is 2.45. The van der Waals surface area contributed by atoms with Crippen LogP contribution in [-0.2, 0) is 0 Å². The summed E-state index contributed by atoms with van der Waals surface area (Å²) in [5.74, 6) is 0.519. The number of nitrogens with zero attached hydrogens (tertiary/aromatic N) is 2. The third-order valence-electron chi connectivity index (χ3n) is 1.82. The van der Waals surface area contributed by atoms with E-state index < -0.39 is 0 Å². The first kappa shape index (κ1) is 10.2. The second-order valence-electron chi connectivity index (χ2n) is 2.89. The predicted molar refractivity (Wildman–Crippen MR) is 59.2 cm³/mol. The summed E-state index contributed by atoms with van der Waals surface area (Å²) in [4.78, 5) is 7.91. The van der Waals surface area contributed by atoms with Crippen molar-refractivity contribution in [2.45, 2.75) is 0 Å². The van der Waals surface area contributed by atoms with Crippen LogP contribution in [0.25, 0.3) is 11.4 Å². The first-order chi connectivity index (χ1) is 7.16. The van der Waals surface area contributed by atoms with Gasteiger partial charge < -0.3 is 5.11 Å². The van der Waals surface area contributed by atoms with Crippen LogP contribution in [0.5, 0.6) is 5.75 Å². The second-order valence-corrected chi connectivity index (χ2v) is 3.71. The van der Waals surface area contributed by atoms with Crippen LogP contribution in [0.3, 0.4) is 0 Å². The maximum atomic E-state index is 9.03. The lowest BCUT2D eigenvalue weighted by Gasteiger charge is -2.01. The quantitative estimate of drug-likeness (QED) is 0.833. The Bertz CT molecular complexity index is 485. The van der Waals surface area contributed by atoms with Crippen molar-refractivity contribution < 1.29 is 5.11 Å². The van der Waals surface area contributed by atoms with Crippen LogP contribution in [0, 0.1) is 0 Å². The van der Waals surface area contributed by atoms with Gasteiger partial charge in [-0.2, -0.15) is 0 Å². The Kier molecular flexibility index (Phi) is 2.75. The molecule has 0 atom stereocenters. The molecular formula is C10H6Cl2N2O. The van der Waals surface area contributed by atoms with E-state index in [0.29, 0.717) is 15.9 Å². The van der Waals surface area contributed by atoms with Crippen LogP contribution in [0.4, 0.5) is 0 Å². The van der Waals surface area contributed by atoms with Crippen LogP contribution < -0.4 is 0 Å². The molecule has 2 rings (SSSR count). The summed E-state index contributed by atoms with van der Waals surface area (Å²) in [6.07, 6.45) is 2.65. The number of aromatic nitrogens is 2. The smallest absolute Gasteiger partial charge is 0.159 e. The van der Waals surface area contributed by atoms with Gasteiger partial charge in [-0.1, -0.05) is 23.2 Å². The largest absolute Gasteiger partial charge is 0.505 e. The fourth-order valence-electron chi connectivity index (χ4n) is 1.11. The van der Waals surface area contributed by atoms with Crippen molar-refractivity contribution in [1.82, 2.24) is 9.97 Å². The molecule has 0 saturated heterocycles. The molecule has 0 unspecified atom stereocenters. The maximum absolute atomic E-state index is 9.03. The Hall–Kier alpha value is -1.32. The van der Waals surface area contributed by atoms with Crippen LogP contribution in [0.1, 0.15) is 0 Å². The van der Waals surface area contributed by atoms with Gasteiger partial charge in [-0.25, -0.2) is 9.97 Å². The minimum atomic E-state index is 0.0267. The molecule has 0 spiro atoms. The third-order valence-corrected chi connectivity index (χ3v) is 2.56. The monoisotopic (exact) mass is 240 g/mol. The SMILES string of the molecule is Oc1cnc(-c2ccc(Cl)c(Cl)c2)nc1. The van der Waals surface area contributed by atoms with Crippen molar-refractivity contribution in [2.75, 3.05) is 0 Å². The molecule has 0 bridgehead atoms. The summed E-state index contributed by atoms with van der Waals surface area (Å²) in [5, 5.41) is 9.97. The van der Waals surface area contributed by atoms with E-state index in [1.165, 1.54) is 12.4 Å². The highest BCUT2D eigenvalue weighted by Gasteiger charge is 2.04. The lowest BCUT2D eigenvalue weighted by molar-refractivity contribution is 0.470. The van der Waals surface area contributed by atoms with Gasteiger partial charge in [-0.3, -0.25) is 0 Å². The molecule has 1 heterocycles. The van der Waals surface area contributed by atoms with E-state index in [0.717, 1.165) is 5.56 Å². The molecule has 0 aliphatic carbocycles.